The Hall–Kier alpha value is -2.63. The minimum absolute atomic E-state index is 0.159. The summed E-state index contributed by atoms with van der Waals surface area (Å²) in [5, 5.41) is 0. The Kier molecular flexibility index (Phi) is 7.17. The second kappa shape index (κ2) is 8.86. The molecule has 0 fully saturated rings. The third-order valence-corrected chi connectivity index (χ3v) is 2.82. The lowest BCUT2D eigenvalue weighted by Gasteiger charge is -2.20. The molecule has 1 aromatic carbocycles. The zero-order valence-electron chi connectivity index (χ0n) is 14.5. The average Bonchev–Trinajstić information content (AvgIpc) is 2.50. The van der Waals surface area contributed by atoms with Gasteiger partial charge in [-0.3, -0.25) is 4.99 Å². The van der Waals surface area contributed by atoms with E-state index in [1.807, 2.05) is 26.8 Å². The first-order valence-corrected chi connectivity index (χ1v) is 7.68. The number of carbonyl (C=O) groups excluding carboxylic acids is 2. The third-order valence-electron chi connectivity index (χ3n) is 2.82. The standard InChI is InChI=1S/C18H24N2O4/c1-5-23-16(21)14(10-19)12-20-11-13-8-6-7-9-15(13)17(22)24-18(2,3)4/h6-10,12H,5,11,19H2,1-4H3/b14-10+,20-12?. The largest absolute Gasteiger partial charge is 0.462 e. The molecule has 1 rings (SSSR count). The first-order valence-electron chi connectivity index (χ1n) is 7.68. The quantitative estimate of drug-likeness (QED) is 0.491. The summed E-state index contributed by atoms with van der Waals surface area (Å²) in [6.07, 6.45) is 2.48. The monoisotopic (exact) mass is 332 g/mol. The molecular weight excluding hydrogens is 308 g/mol. The molecule has 130 valence electrons. The van der Waals surface area contributed by atoms with E-state index >= 15 is 0 Å². The van der Waals surface area contributed by atoms with Crippen LogP contribution in [0.1, 0.15) is 43.6 Å². The average molecular weight is 332 g/mol. The van der Waals surface area contributed by atoms with Crippen molar-refractivity contribution >= 4 is 18.2 Å². The van der Waals surface area contributed by atoms with Gasteiger partial charge in [0, 0.05) is 12.4 Å². The van der Waals surface area contributed by atoms with E-state index in [9.17, 15) is 9.59 Å². The molecule has 0 aliphatic heterocycles. The van der Waals surface area contributed by atoms with Gasteiger partial charge >= 0.3 is 11.9 Å². The molecule has 24 heavy (non-hydrogen) atoms. The van der Waals surface area contributed by atoms with Gasteiger partial charge in [0.2, 0.25) is 0 Å². The number of hydrogen-bond acceptors (Lipinski definition) is 6. The molecule has 0 aliphatic carbocycles. The molecule has 1 aromatic rings. The van der Waals surface area contributed by atoms with Crippen LogP contribution in [-0.4, -0.2) is 30.4 Å². The summed E-state index contributed by atoms with van der Waals surface area (Å²) in [7, 11) is 0. The van der Waals surface area contributed by atoms with Gasteiger partial charge < -0.3 is 15.2 Å². The van der Waals surface area contributed by atoms with Gasteiger partial charge in [-0.2, -0.15) is 0 Å². The molecule has 0 saturated heterocycles. The molecule has 0 saturated carbocycles. The maximum Gasteiger partial charge on any atom is 0.341 e. The summed E-state index contributed by atoms with van der Waals surface area (Å²) in [5.74, 6) is -0.947. The molecule has 6 nitrogen and oxygen atoms in total. The highest BCUT2D eigenvalue weighted by Crippen LogP contribution is 2.16. The molecule has 0 bridgehead atoms. The van der Waals surface area contributed by atoms with Crippen LogP contribution in [-0.2, 0) is 20.8 Å². The smallest absolute Gasteiger partial charge is 0.341 e. The minimum Gasteiger partial charge on any atom is -0.462 e. The van der Waals surface area contributed by atoms with Gasteiger partial charge in [0.1, 0.15) is 5.60 Å². The van der Waals surface area contributed by atoms with E-state index < -0.39 is 17.5 Å². The highest BCUT2D eigenvalue weighted by molar-refractivity contribution is 6.09. The van der Waals surface area contributed by atoms with Gasteiger partial charge in [0.15, 0.2) is 0 Å². The predicted molar refractivity (Wildman–Crippen MR) is 92.7 cm³/mol. The maximum absolute atomic E-state index is 12.2. The van der Waals surface area contributed by atoms with Gasteiger partial charge in [-0.1, -0.05) is 18.2 Å². The van der Waals surface area contributed by atoms with E-state index in [0.29, 0.717) is 11.1 Å². The van der Waals surface area contributed by atoms with E-state index in [-0.39, 0.29) is 18.7 Å². The van der Waals surface area contributed by atoms with Crippen molar-refractivity contribution in [3.63, 3.8) is 0 Å². The Morgan fingerprint density at radius 3 is 2.50 bits per heavy atom. The van der Waals surface area contributed by atoms with Crippen LogP contribution in [0.25, 0.3) is 0 Å². The second-order valence-corrected chi connectivity index (χ2v) is 5.97. The van der Waals surface area contributed by atoms with Crippen molar-refractivity contribution in [3.05, 3.63) is 47.2 Å². The molecule has 0 radical (unpaired) electrons. The SMILES string of the molecule is CCOC(=O)/C(C=NCc1ccccc1C(=O)OC(C)(C)C)=C/N. The molecule has 0 aliphatic rings. The van der Waals surface area contributed by atoms with E-state index in [0.717, 1.165) is 6.20 Å². The fraction of sp³-hybridized carbons (Fsp3) is 0.389. The Morgan fingerprint density at radius 2 is 1.92 bits per heavy atom. The van der Waals surface area contributed by atoms with Gasteiger partial charge in [-0.25, -0.2) is 9.59 Å². The Morgan fingerprint density at radius 1 is 1.25 bits per heavy atom. The maximum atomic E-state index is 12.2. The van der Waals surface area contributed by atoms with E-state index in [2.05, 4.69) is 4.99 Å². The van der Waals surface area contributed by atoms with Crippen molar-refractivity contribution in [3.8, 4) is 0 Å². The summed E-state index contributed by atoms with van der Waals surface area (Å²) in [6.45, 7) is 7.61. The normalized spacial score (nSPS) is 12.2. The zero-order chi connectivity index (χ0) is 18.2. The molecule has 2 N–H and O–H groups in total. The molecular formula is C18H24N2O4. The van der Waals surface area contributed by atoms with Crippen LogP contribution in [0.5, 0.6) is 0 Å². The number of hydrogen-bond donors (Lipinski definition) is 1. The van der Waals surface area contributed by atoms with Crippen molar-refractivity contribution < 1.29 is 19.1 Å². The Labute approximate surface area is 142 Å². The third kappa shape index (κ3) is 6.24. The topological polar surface area (TPSA) is 91.0 Å². The Bertz CT molecular complexity index is 643. The molecule has 0 aromatic heterocycles. The summed E-state index contributed by atoms with van der Waals surface area (Å²) in [4.78, 5) is 28.0. The number of esters is 2. The van der Waals surface area contributed by atoms with Crippen LogP contribution < -0.4 is 5.73 Å². The molecule has 0 heterocycles. The van der Waals surface area contributed by atoms with Crippen molar-refractivity contribution in [1.29, 1.82) is 0 Å². The lowest BCUT2D eigenvalue weighted by Crippen LogP contribution is -2.24. The lowest BCUT2D eigenvalue weighted by molar-refractivity contribution is -0.137. The van der Waals surface area contributed by atoms with Crippen LogP contribution in [0, 0.1) is 0 Å². The van der Waals surface area contributed by atoms with Crippen LogP contribution in [0.15, 0.2) is 41.0 Å². The number of benzene rings is 1. The fourth-order valence-electron chi connectivity index (χ4n) is 1.81. The van der Waals surface area contributed by atoms with Crippen molar-refractivity contribution in [2.24, 2.45) is 10.7 Å². The first-order chi connectivity index (χ1) is 11.3. The van der Waals surface area contributed by atoms with Crippen LogP contribution in [0.3, 0.4) is 0 Å². The molecule has 0 unspecified atom stereocenters. The summed E-state index contributed by atoms with van der Waals surface area (Å²) >= 11 is 0. The van der Waals surface area contributed by atoms with E-state index in [1.54, 1.807) is 25.1 Å². The van der Waals surface area contributed by atoms with E-state index in [4.69, 9.17) is 15.2 Å². The second-order valence-electron chi connectivity index (χ2n) is 5.97. The number of nitrogens with two attached hydrogens (primary N) is 1. The minimum atomic E-state index is -0.577. The van der Waals surface area contributed by atoms with Crippen molar-refractivity contribution in [2.45, 2.75) is 39.8 Å². The number of carbonyl (C=O) groups is 2. The van der Waals surface area contributed by atoms with Gasteiger partial charge in [0.05, 0.1) is 24.3 Å². The van der Waals surface area contributed by atoms with Crippen LogP contribution in [0.2, 0.25) is 0 Å². The predicted octanol–water partition coefficient (Wildman–Crippen LogP) is 2.62. The van der Waals surface area contributed by atoms with Gasteiger partial charge in [-0.05, 0) is 39.3 Å². The summed E-state index contributed by atoms with van der Waals surface area (Å²) in [6, 6.07) is 7.04. The van der Waals surface area contributed by atoms with Crippen LogP contribution >= 0.6 is 0 Å². The first kappa shape index (κ1) is 19.4. The molecule has 0 amide bonds. The summed E-state index contributed by atoms with van der Waals surface area (Å²) < 4.78 is 10.2. The highest BCUT2D eigenvalue weighted by Gasteiger charge is 2.19. The van der Waals surface area contributed by atoms with Crippen molar-refractivity contribution in [1.82, 2.24) is 0 Å². The number of nitrogens with zero attached hydrogens (tertiary/aromatic N) is 1. The highest BCUT2D eigenvalue weighted by atomic mass is 16.6. The van der Waals surface area contributed by atoms with Gasteiger partial charge in [-0.15, -0.1) is 0 Å². The number of rotatable bonds is 6. The van der Waals surface area contributed by atoms with Crippen LogP contribution in [0.4, 0.5) is 0 Å². The van der Waals surface area contributed by atoms with Crippen molar-refractivity contribution in [2.75, 3.05) is 6.61 Å². The lowest BCUT2D eigenvalue weighted by atomic mass is 10.1. The zero-order valence-corrected chi connectivity index (χ0v) is 14.5. The fourth-order valence-corrected chi connectivity index (χ4v) is 1.81. The number of ether oxygens (including phenoxy) is 2. The Balaban J connectivity index is 2.87. The number of aliphatic imine (C=N–C) groups is 1. The molecule has 0 spiro atoms. The molecule has 0 atom stereocenters. The summed E-state index contributed by atoms with van der Waals surface area (Å²) in [5.41, 5.74) is 6.13. The van der Waals surface area contributed by atoms with Gasteiger partial charge in [0.25, 0.3) is 0 Å². The molecule has 6 heteroatoms. The van der Waals surface area contributed by atoms with E-state index in [1.165, 1.54) is 6.21 Å².